The fourth-order valence-corrected chi connectivity index (χ4v) is 4.69. The van der Waals surface area contributed by atoms with Gasteiger partial charge in [0, 0.05) is 46.0 Å². The van der Waals surface area contributed by atoms with Crippen molar-refractivity contribution in [3.63, 3.8) is 0 Å². The highest BCUT2D eigenvalue weighted by atomic mass is 16.5. The Morgan fingerprint density at radius 1 is 1.15 bits per heavy atom. The predicted molar refractivity (Wildman–Crippen MR) is 121 cm³/mol. The number of anilines is 1. The molecule has 33 heavy (non-hydrogen) atoms. The summed E-state index contributed by atoms with van der Waals surface area (Å²) in [4.78, 5) is 41.3. The summed E-state index contributed by atoms with van der Waals surface area (Å²) in [6.45, 7) is 1.47. The number of rotatable bonds is 4. The zero-order chi connectivity index (χ0) is 23.5. The van der Waals surface area contributed by atoms with E-state index in [-0.39, 0.29) is 48.5 Å². The van der Waals surface area contributed by atoms with Crippen molar-refractivity contribution in [1.29, 1.82) is 0 Å². The van der Waals surface area contributed by atoms with Crippen LogP contribution in [0, 0.1) is 5.92 Å². The van der Waals surface area contributed by atoms with Crippen LogP contribution in [0.5, 0.6) is 5.75 Å². The van der Waals surface area contributed by atoms with E-state index in [9.17, 15) is 14.4 Å². The summed E-state index contributed by atoms with van der Waals surface area (Å²) in [5.74, 6) is 0.181. The van der Waals surface area contributed by atoms with Crippen LogP contribution in [-0.2, 0) is 19.1 Å². The minimum Gasteiger partial charge on any atom is -0.490 e. The number of hydrogen-bond donors (Lipinski definition) is 1. The van der Waals surface area contributed by atoms with Crippen LogP contribution in [0.2, 0.25) is 0 Å². The molecule has 180 valence electrons. The molecule has 1 aromatic rings. The summed E-state index contributed by atoms with van der Waals surface area (Å²) in [6, 6.07) is 5.02. The van der Waals surface area contributed by atoms with Crippen molar-refractivity contribution in [2.24, 2.45) is 5.92 Å². The van der Waals surface area contributed by atoms with E-state index in [0.717, 1.165) is 6.42 Å². The molecule has 3 heterocycles. The van der Waals surface area contributed by atoms with Gasteiger partial charge >= 0.3 is 0 Å². The maximum absolute atomic E-state index is 13.3. The Balaban J connectivity index is 1.47. The van der Waals surface area contributed by atoms with Crippen molar-refractivity contribution < 1.29 is 28.6 Å². The van der Waals surface area contributed by atoms with Gasteiger partial charge in [0.2, 0.25) is 11.8 Å². The molecule has 3 aliphatic heterocycles. The molecule has 3 atom stereocenters. The van der Waals surface area contributed by atoms with Crippen molar-refractivity contribution in [3.8, 4) is 5.75 Å². The SMILES string of the molecule is CN(C)C(=O)C[C@@H]1CC[C@H]2[C@H](COc3ccc(NC(=O)C4CCOCC4)cc3C(=O)N2C)O1. The van der Waals surface area contributed by atoms with Crippen molar-refractivity contribution in [2.45, 2.75) is 50.4 Å². The van der Waals surface area contributed by atoms with E-state index in [1.165, 1.54) is 0 Å². The third-order valence-electron chi connectivity index (χ3n) is 6.77. The summed E-state index contributed by atoms with van der Waals surface area (Å²) >= 11 is 0. The average Bonchev–Trinajstić information content (AvgIpc) is 2.82. The first kappa shape index (κ1) is 23.5. The van der Waals surface area contributed by atoms with Gasteiger partial charge in [-0.3, -0.25) is 14.4 Å². The first-order valence-corrected chi connectivity index (χ1v) is 11.6. The Morgan fingerprint density at radius 3 is 2.64 bits per heavy atom. The minimum absolute atomic E-state index is 0.0234. The quantitative estimate of drug-likeness (QED) is 0.739. The van der Waals surface area contributed by atoms with E-state index < -0.39 is 0 Å². The second-order valence-electron chi connectivity index (χ2n) is 9.25. The number of likely N-dealkylation sites (N-methyl/N-ethyl adjacent to an activating group) is 1. The van der Waals surface area contributed by atoms with Crippen LogP contribution >= 0.6 is 0 Å². The number of fused-ring (bicyclic) bond motifs is 2. The summed E-state index contributed by atoms with van der Waals surface area (Å²) in [5, 5.41) is 2.94. The molecule has 2 fully saturated rings. The first-order chi connectivity index (χ1) is 15.8. The lowest BCUT2D eigenvalue weighted by Gasteiger charge is -2.42. The van der Waals surface area contributed by atoms with Crippen molar-refractivity contribution in [3.05, 3.63) is 23.8 Å². The third kappa shape index (κ3) is 5.30. The van der Waals surface area contributed by atoms with Crippen LogP contribution in [0.3, 0.4) is 0 Å². The number of hydrogen-bond acceptors (Lipinski definition) is 6. The van der Waals surface area contributed by atoms with Gasteiger partial charge in [-0.05, 0) is 43.9 Å². The number of benzene rings is 1. The van der Waals surface area contributed by atoms with Crippen molar-refractivity contribution in [2.75, 3.05) is 46.3 Å². The third-order valence-corrected chi connectivity index (χ3v) is 6.77. The molecule has 0 spiro atoms. The zero-order valence-electron chi connectivity index (χ0n) is 19.5. The normalized spacial score (nSPS) is 25.7. The number of ether oxygens (including phenoxy) is 3. The molecule has 4 rings (SSSR count). The highest BCUT2D eigenvalue weighted by molar-refractivity contribution is 6.00. The summed E-state index contributed by atoms with van der Waals surface area (Å²) < 4.78 is 17.5. The number of carbonyl (C=O) groups is 3. The molecule has 1 N–H and O–H groups in total. The Hall–Kier alpha value is -2.65. The molecule has 1 aromatic carbocycles. The standard InChI is InChI=1S/C24H33N3O6/c1-26(2)22(28)13-17-5-6-19-21(33-17)14-32-20-7-4-16(12-18(20)24(30)27(19)3)25-23(29)15-8-10-31-11-9-15/h4,7,12,15,17,19,21H,5-6,8-11,13-14H2,1-3H3,(H,25,29)/t17-,19-,21-/m0/s1. The number of carbonyl (C=O) groups excluding carboxylic acids is 3. The van der Waals surface area contributed by atoms with E-state index in [1.54, 1.807) is 49.1 Å². The molecule has 0 saturated carbocycles. The lowest BCUT2D eigenvalue weighted by atomic mass is 9.94. The van der Waals surface area contributed by atoms with Gasteiger partial charge in [-0.25, -0.2) is 0 Å². The molecular weight excluding hydrogens is 426 g/mol. The van der Waals surface area contributed by atoms with Crippen LogP contribution in [0.1, 0.15) is 42.5 Å². The maximum Gasteiger partial charge on any atom is 0.257 e. The van der Waals surface area contributed by atoms with Gasteiger partial charge in [0.25, 0.3) is 5.91 Å². The second kappa shape index (κ2) is 10.1. The van der Waals surface area contributed by atoms with E-state index in [0.29, 0.717) is 55.9 Å². The van der Waals surface area contributed by atoms with E-state index in [1.807, 2.05) is 0 Å². The molecule has 9 heteroatoms. The van der Waals surface area contributed by atoms with Crippen LogP contribution in [0.4, 0.5) is 5.69 Å². The van der Waals surface area contributed by atoms with E-state index >= 15 is 0 Å². The first-order valence-electron chi connectivity index (χ1n) is 11.6. The van der Waals surface area contributed by atoms with Gasteiger partial charge < -0.3 is 29.3 Å². The molecule has 0 aliphatic carbocycles. The summed E-state index contributed by atoms with van der Waals surface area (Å²) in [5.41, 5.74) is 1.00. The molecule has 2 saturated heterocycles. The summed E-state index contributed by atoms with van der Waals surface area (Å²) in [7, 11) is 5.24. The molecule has 9 nitrogen and oxygen atoms in total. The zero-order valence-corrected chi connectivity index (χ0v) is 19.5. The smallest absolute Gasteiger partial charge is 0.257 e. The molecule has 3 amide bonds. The van der Waals surface area contributed by atoms with Gasteiger partial charge in [-0.1, -0.05) is 0 Å². The minimum atomic E-state index is -0.311. The second-order valence-corrected chi connectivity index (χ2v) is 9.25. The van der Waals surface area contributed by atoms with E-state index in [4.69, 9.17) is 14.2 Å². The van der Waals surface area contributed by atoms with Crippen LogP contribution in [-0.4, -0.2) is 86.7 Å². The molecular formula is C24H33N3O6. The molecule has 0 unspecified atom stereocenters. The van der Waals surface area contributed by atoms with Gasteiger partial charge in [0.15, 0.2) is 0 Å². The topological polar surface area (TPSA) is 97.4 Å². The van der Waals surface area contributed by atoms with Crippen LogP contribution in [0.15, 0.2) is 18.2 Å². The Labute approximate surface area is 194 Å². The van der Waals surface area contributed by atoms with Crippen LogP contribution in [0.25, 0.3) is 0 Å². The Kier molecular flexibility index (Phi) is 7.19. The van der Waals surface area contributed by atoms with Crippen LogP contribution < -0.4 is 10.1 Å². The summed E-state index contributed by atoms with van der Waals surface area (Å²) in [6.07, 6.45) is 2.66. The number of amides is 3. The monoisotopic (exact) mass is 459 g/mol. The van der Waals surface area contributed by atoms with Crippen molar-refractivity contribution >= 4 is 23.4 Å². The van der Waals surface area contributed by atoms with Gasteiger partial charge in [0.1, 0.15) is 18.5 Å². The highest BCUT2D eigenvalue weighted by Gasteiger charge is 2.39. The lowest BCUT2D eigenvalue weighted by Crippen LogP contribution is -2.53. The number of nitrogens with one attached hydrogen (secondary N) is 1. The molecule has 0 bridgehead atoms. The molecule has 0 aromatic heterocycles. The highest BCUT2D eigenvalue weighted by Crippen LogP contribution is 2.33. The van der Waals surface area contributed by atoms with Crippen molar-refractivity contribution in [1.82, 2.24) is 9.80 Å². The molecule has 3 aliphatic rings. The van der Waals surface area contributed by atoms with Gasteiger partial charge in [0.05, 0.1) is 24.1 Å². The maximum atomic E-state index is 13.3. The molecule has 0 radical (unpaired) electrons. The lowest BCUT2D eigenvalue weighted by molar-refractivity contribution is -0.140. The van der Waals surface area contributed by atoms with Gasteiger partial charge in [-0.15, -0.1) is 0 Å². The largest absolute Gasteiger partial charge is 0.490 e. The Morgan fingerprint density at radius 2 is 1.91 bits per heavy atom. The predicted octanol–water partition coefficient (Wildman–Crippen LogP) is 1.91. The Bertz CT molecular complexity index is 898. The van der Waals surface area contributed by atoms with Gasteiger partial charge in [-0.2, -0.15) is 0 Å². The average molecular weight is 460 g/mol. The fourth-order valence-electron chi connectivity index (χ4n) is 4.69. The van der Waals surface area contributed by atoms with E-state index in [2.05, 4.69) is 5.32 Å². The fraction of sp³-hybridized carbons (Fsp3) is 0.625. The number of nitrogens with zero attached hydrogens (tertiary/aromatic N) is 2.